The summed E-state index contributed by atoms with van der Waals surface area (Å²) in [4.78, 5) is 25.2. The summed E-state index contributed by atoms with van der Waals surface area (Å²) in [6.45, 7) is 3.25. The molecule has 2 atom stereocenters. The molecule has 16 heavy (non-hydrogen) atoms. The Morgan fingerprint density at radius 3 is 2.56 bits per heavy atom. The molecule has 0 aromatic carbocycles. The van der Waals surface area contributed by atoms with Crippen LogP contribution in [-0.4, -0.2) is 37.0 Å². The molecule has 4 heteroatoms. The Morgan fingerprint density at radius 2 is 2.00 bits per heavy atom. The average Bonchev–Trinajstić information content (AvgIpc) is 2.98. The van der Waals surface area contributed by atoms with Crippen LogP contribution in [0.15, 0.2) is 0 Å². The minimum absolute atomic E-state index is 0.131. The van der Waals surface area contributed by atoms with Crippen LogP contribution in [0.5, 0.6) is 0 Å². The van der Waals surface area contributed by atoms with E-state index in [4.69, 9.17) is 4.74 Å². The molecule has 1 saturated heterocycles. The Labute approximate surface area is 95.9 Å². The van der Waals surface area contributed by atoms with Gasteiger partial charge in [0.05, 0.1) is 13.0 Å². The lowest BCUT2D eigenvalue weighted by Crippen LogP contribution is -2.30. The standard InChI is InChI=1S/C12H19NO3/c1-8-6-13(7-10(8)12(15)16-2)11(14)5-9-3-4-9/h8-10H,3-7H2,1-2H3. The first kappa shape index (κ1) is 11.4. The number of ether oxygens (including phenoxy) is 1. The third-order valence-electron chi connectivity index (χ3n) is 3.63. The Kier molecular flexibility index (Phi) is 3.17. The molecule has 4 nitrogen and oxygen atoms in total. The average molecular weight is 225 g/mol. The number of carbonyl (C=O) groups is 2. The quantitative estimate of drug-likeness (QED) is 0.675. The largest absolute Gasteiger partial charge is 0.469 e. The Morgan fingerprint density at radius 1 is 1.31 bits per heavy atom. The second-order valence-corrected chi connectivity index (χ2v) is 5.05. The van der Waals surface area contributed by atoms with Gasteiger partial charge in [-0.25, -0.2) is 0 Å². The Bertz CT molecular complexity index is 299. The summed E-state index contributed by atoms with van der Waals surface area (Å²) in [6.07, 6.45) is 3.05. The lowest BCUT2D eigenvalue weighted by Gasteiger charge is -2.15. The van der Waals surface area contributed by atoms with E-state index in [9.17, 15) is 9.59 Å². The predicted octanol–water partition coefficient (Wildman–Crippen LogP) is 1.05. The van der Waals surface area contributed by atoms with E-state index in [0.29, 0.717) is 25.4 Å². The maximum Gasteiger partial charge on any atom is 0.310 e. The van der Waals surface area contributed by atoms with Gasteiger partial charge >= 0.3 is 5.97 Å². The summed E-state index contributed by atoms with van der Waals surface area (Å²) in [5.74, 6) is 0.721. The normalized spacial score (nSPS) is 29.2. The van der Waals surface area contributed by atoms with Gasteiger partial charge in [-0.15, -0.1) is 0 Å². The summed E-state index contributed by atoms with van der Waals surface area (Å²) >= 11 is 0. The highest BCUT2D eigenvalue weighted by atomic mass is 16.5. The number of likely N-dealkylation sites (tertiary alicyclic amines) is 1. The highest BCUT2D eigenvalue weighted by Crippen LogP contribution is 2.34. The number of hydrogen-bond acceptors (Lipinski definition) is 3. The van der Waals surface area contributed by atoms with Crippen LogP contribution in [-0.2, 0) is 14.3 Å². The maximum absolute atomic E-state index is 11.9. The molecule has 90 valence electrons. The van der Waals surface area contributed by atoms with Gasteiger partial charge in [0.25, 0.3) is 0 Å². The van der Waals surface area contributed by atoms with Crippen molar-refractivity contribution in [2.24, 2.45) is 17.8 Å². The van der Waals surface area contributed by atoms with Crippen molar-refractivity contribution in [2.45, 2.75) is 26.2 Å². The van der Waals surface area contributed by atoms with Crippen LogP contribution in [0.1, 0.15) is 26.2 Å². The van der Waals surface area contributed by atoms with Crippen LogP contribution in [0.25, 0.3) is 0 Å². The zero-order valence-electron chi connectivity index (χ0n) is 9.94. The number of amides is 1. The second-order valence-electron chi connectivity index (χ2n) is 5.05. The van der Waals surface area contributed by atoms with E-state index in [1.807, 2.05) is 11.8 Å². The van der Waals surface area contributed by atoms with E-state index < -0.39 is 0 Å². The summed E-state index contributed by atoms with van der Waals surface area (Å²) in [5, 5.41) is 0. The van der Waals surface area contributed by atoms with Crippen molar-refractivity contribution in [3.8, 4) is 0 Å². The molecule has 0 radical (unpaired) electrons. The molecular weight excluding hydrogens is 206 g/mol. The molecule has 0 spiro atoms. The van der Waals surface area contributed by atoms with E-state index in [0.717, 1.165) is 0 Å². The van der Waals surface area contributed by atoms with Gasteiger partial charge in [0.2, 0.25) is 5.91 Å². The summed E-state index contributed by atoms with van der Waals surface area (Å²) < 4.78 is 4.75. The number of rotatable bonds is 3. The predicted molar refractivity (Wildman–Crippen MR) is 58.6 cm³/mol. The van der Waals surface area contributed by atoms with Crippen LogP contribution >= 0.6 is 0 Å². The van der Waals surface area contributed by atoms with Gasteiger partial charge in [0.1, 0.15) is 0 Å². The molecule has 2 fully saturated rings. The van der Waals surface area contributed by atoms with Gasteiger partial charge in [-0.3, -0.25) is 9.59 Å². The fourth-order valence-corrected chi connectivity index (χ4v) is 2.33. The number of esters is 1. The van der Waals surface area contributed by atoms with Crippen LogP contribution in [0, 0.1) is 17.8 Å². The molecule has 0 N–H and O–H groups in total. The van der Waals surface area contributed by atoms with Crippen LogP contribution in [0.2, 0.25) is 0 Å². The molecule has 1 heterocycles. The zero-order valence-corrected chi connectivity index (χ0v) is 9.94. The van der Waals surface area contributed by atoms with E-state index in [-0.39, 0.29) is 23.7 Å². The van der Waals surface area contributed by atoms with Crippen molar-refractivity contribution in [2.75, 3.05) is 20.2 Å². The first-order valence-corrected chi connectivity index (χ1v) is 5.97. The van der Waals surface area contributed by atoms with Crippen LogP contribution in [0.3, 0.4) is 0 Å². The molecule has 2 rings (SSSR count). The molecule has 0 aromatic heterocycles. The lowest BCUT2D eigenvalue weighted by atomic mass is 9.99. The topological polar surface area (TPSA) is 46.6 Å². The van der Waals surface area contributed by atoms with Gasteiger partial charge in [-0.2, -0.15) is 0 Å². The highest BCUT2D eigenvalue weighted by molar-refractivity contribution is 5.79. The van der Waals surface area contributed by atoms with E-state index in [1.165, 1.54) is 20.0 Å². The van der Waals surface area contributed by atoms with Gasteiger partial charge in [0, 0.05) is 19.5 Å². The first-order valence-electron chi connectivity index (χ1n) is 5.97. The Hall–Kier alpha value is -1.06. The van der Waals surface area contributed by atoms with Gasteiger partial charge in [0.15, 0.2) is 0 Å². The third kappa shape index (κ3) is 2.36. The highest BCUT2D eigenvalue weighted by Gasteiger charge is 2.38. The number of methoxy groups -OCH3 is 1. The third-order valence-corrected chi connectivity index (χ3v) is 3.63. The molecule has 1 saturated carbocycles. The smallest absolute Gasteiger partial charge is 0.310 e. The van der Waals surface area contributed by atoms with Crippen molar-refractivity contribution >= 4 is 11.9 Å². The number of nitrogens with zero attached hydrogens (tertiary/aromatic N) is 1. The SMILES string of the molecule is COC(=O)C1CN(C(=O)CC2CC2)CC1C. The summed E-state index contributed by atoms with van der Waals surface area (Å²) in [6, 6.07) is 0. The van der Waals surface area contributed by atoms with E-state index >= 15 is 0 Å². The molecule has 0 bridgehead atoms. The fourth-order valence-electron chi connectivity index (χ4n) is 2.33. The maximum atomic E-state index is 11.9. The molecule has 1 aliphatic carbocycles. The van der Waals surface area contributed by atoms with Crippen LogP contribution in [0.4, 0.5) is 0 Å². The van der Waals surface area contributed by atoms with Crippen molar-refractivity contribution in [1.82, 2.24) is 4.90 Å². The first-order chi connectivity index (χ1) is 7.61. The summed E-state index contributed by atoms with van der Waals surface area (Å²) in [7, 11) is 1.41. The van der Waals surface area contributed by atoms with Gasteiger partial charge < -0.3 is 9.64 Å². The second kappa shape index (κ2) is 4.44. The lowest BCUT2D eigenvalue weighted by molar-refractivity contribution is -0.146. The van der Waals surface area contributed by atoms with Crippen molar-refractivity contribution in [1.29, 1.82) is 0 Å². The zero-order chi connectivity index (χ0) is 11.7. The number of carbonyl (C=O) groups excluding carboxylic acids is 2. The minimum atomic E-state index is -0.186. The summed E-state index contributed by atoms with van der Waals surface area (Å²) in [5.41, 5.74) is 0. The molecule has 2 aliphatic rings. The minimum Gasteiger partial charge on any atom is -0.469 e. The Balaban J connectivity index is 1.89. The monoisotopic (exact) mass is 225 g/mol. The fraction of sp³-hybridized carbons (Fsp3) is 0.833. The van der Waals surface area contributed by atoms with Gasteiger partial charge in [-0.05, 0) is 24.7 Å². The van der Waals surface area contributed by atoms with Crippen LogP contribution < -0.4 is 0 Å². The van der Waals surface area contributed by atoms with E-state index in [2.05, 4.69) is 0 Å². The van der Waals surface area contributed by atoms with Crippen molar-refractivity contribution in [3.05, 3.63) is 0 Å². The van der Waals surface area contributed by atoms with E-state index in [1.54, 1.807) is 0 Å². The number of hydrogen-bond donors (Lipinski definition) is 0. The molecule has 2 unspecified atom stereocenters. The van der Waals surface area contributed by atoms with Gasteiger partial charge in [-0.1, -0.05) is 6.92 Å². The molecule has 1 aliphatic heterocycles. The van der Waals surface area contributed by atoms with Crippen molar-refractivity contribution < 1.29 is 14.3 Å². The molecule has 1 amide bonds. The van der Waals surface area contributed by atoms with Crippen molar-refractivity contribution in [3.63, 3.8) is 0 Å². The molecular formula is C12H19NO3. The molecule has 0 aromatic rings.